The molecule has 5 heteroatoms. The predicted octanol–water partition coefficient (Wildman–Crippen LogP) is 4.71. The summed E-state index contributed by atoms with van der Waals surface area (Å²) in [6.07, 6.45) is 0. The van der Waals surface area contributed by atoms with Gasteiger partial charge >= 0.3 is 0 Å². The second-order valence-electron chi connectivity index (χ2n) is 6.74. The maximum atomic E-state index is 13.0. The first kappa shape index (κ1) is 19.2. The molecule has 0 aliphatic heterocycles. The molecule has 4 aromatic rings. The summed E-state index contributed by atoms with van der Waals surface area (Å²) in [5.41, 5.74) is 2.95. The molecule has 0 fully saturated rings. The highest BCUT2D eigenvalue weighted by molar-refractivity contribution is 6.10. The van der Waals surface area contributed by atoms with Gasteiger partial charge in [0, 0.05) is 17.5 Å². The quantitative estimate of drug-likeness (QED) is 0.533. The molecule has 1 heterocycles. The normalized spacial score (nSPS) is 10.4. The number of aromatic nitrogens is 1. The third kappa shape index (κ3) is 3.71. The molecule has 0 saturated carbocycles. The van der Waals surface area contributed by atoms with Crippen LogP contribution in [0.25, 0.3) is 21.9 Å². The maximum Gasteiger partial charge on any atom is 0.270 e. The lowest BCUT2D eigenvalue weighted by atomic mass is 9.95. The van der Waals surface area contributed by atoms with Crippen molar-refractivity contribution < 1.29 is 9.53 Å². The Hall–Kier alpha value is -4.17. The first-order chi connectivity index (χ1) is 14.7. The zero-order valence-electron chi connectivity index (χ0n) is 16.4. The van der Waals surface area contributed by atoms with E-state index in [-0.39, 0.29) is 17.3 Å². The molecule has 1 aromatic heterocycles. The number of carbonyl (C=O) groups is 1. The van der Waals surface area contributed by atoms with Crippen LogP contribution in [-0.2, 0) is 6.54 Å². The molecule has 0 radical (unpaired) electrons. The van der Waals surface area contributed by atoms with Crippen LogP contribution < -0.4 is 10.1 Å². The minimum absolute atomic E-state index is 0.201. The van der Waals surface area contributed by atoms with E-state index in [0.717, 1.165) is 16.5 Å². The topological polar surface area (TPSA) is 75.0 Å². The summed E-state index contributed by atoms with van der Waals surface area (Å²) in [5, 5.41) is 14.1. The van der Waals surface area contributed by atoms with E-state index in [1.54, 1.807) is 13.2 Å². The van der Waals surface area contributed by atoms with Crippen molar-refractivity contribution in [3.63, 3.8) is 0 Å². The standard InChI is InChI=1S/C25H19N3O2/c1-30-19-12-13-20-21(14-19)23(18-10-6-3-7-11-18)22(15-26)28-24(20)25(29)27-16-17-8-4-2-5-9-17/h2-14H,16H2,1H3,(H,27,29). The molecule has 5 nitrogen and oxygen atoms in total. The van der Waals surface area contributed by atoms with Gasteiger partial charge in [-0.2, -0.15) is 5.26 Å². The van der Waals surface area contributed by atoms with Crippen LogP contribution in [0.4, 0.5) is 0 Å². The Morgan fingerprint density at radius 3 is 2.37 bits per heavy atom. The number of rotatable bonds is 5. The van der Waals surface area contributed by atoms with Gasteiger partial charge in [-0.3, -0.25) is 4.79 Å². The number of pyridine rings is 1. The van der Waals surface area contributed by atoms with E-state index in [1.165, 1.54) is 0 Å². The van der Waals surface area contributed by atoms with Crippen molar-refractivity contribution in [2.75, 3.05) is 7.11 Å². The van der Waals surface area contributed by atoms with Gasteiger partial charge in [0.1, 0.15) is 23.2 Å². The van der Waals surface area contributed by atoms with Crippen LogP contribution in [0.2, 0.25) is 0 Å². The Balaban J connectivity index is 1.85. The average molecular weight is 393 g/mol. The summed E-state index contributed by atoms with van der Waals surface area (Å²) in [5.74, 6) is 0.315. The van der Waals surface area contributed by atoms with E-state index in [9.17, 15) is 10.1 Å². The molecule has 0 atom stereocenters. The Bertz CT molecular complexity index is 1250. The molecule has 0 spiro atoms. The van der Waals surface area contributed by atoms with Gasteiger partial charge in [0.05, 0.1) is 7.11 Å². The lowest BCUT2D eigenvalue weighted by molar-refractivity contribution is 0.0947. The number of ether oxygens (including phenoxy) is 1. The molecule has 1 N–H and O–H groups in total. The largest absolute Gasteiger partial charge is 0.497 e. The molecule has 0 aliphatic rings. The van der Waals surface area contributed by atoms with Gasteiger partial charge in [-0.15, -0.1) is 0 Å². The number of hydrogen-bond acceptors (Lipinski definition) is 4. The minimum atomic E-state index is -0.329. The van der Waals surface area contributed by atoms with E-state index in [4.69, 9.17) is 4.74 Å². The Kier molecular flexibility index (Phi) is 5.40. The van der Waals surface area contributed by atoms with Crippen LogP contribution in [0, 0.1) is 11.3 Å². The van der Waals surface area contributed by atoms with Gasteiger partial charge in [0.2, 0.25) is 0 Å². The van der Waals surface area contributed by atoms with Crippen molar-refractivity contribution in [1.29, 1.82) is 5.26 Å². The summed E-state index contributed by atoms with van der Waals surface area (Å²) in [6, 6.07) is 26.8. The number of nitrogens with zero attached hydrogens (tertiary/aromatic N) is 2. The van der Waals surface area contributed by atoms with Crippen LogP contribution in [-0.4, -0.2) is 18.0 Å². The average Bonchev–Trinajstić information content (AvgIpc) is 2.82. The van der Waals surface area contributed by atoms with Gasteiger partial charge in [-0.1, -0.05) is 60.7 Å². The second-order valence-corrected chi connectivity index (χ2v) is 6.74. The molecular formula is C25H19N3O2. The number of methoxy groups -OCH3 is 1. The fraction of sp³-hybridized carbons (Fsp3) is 0.0800. The molecule has 0 aliphatic carbocycles. The first-order valence-corrected chi connectivity index (χ1v) is 9.50. The number of benzene rings is 3. The van der Waals surface area contributed by atoms with Gasteiger partial charge in [-0.25, -0.2) is 4.98 Å². The monoisotopic (exact) mass is 393 g/mol. The Morgan fingerprint density at radius 1 is 1.00 bits per heavy atom. The zero-order valence-corrected chi connectivity index (χ0v) is 16.4. The molecule has 0 saturated heterocycles. The minimum Gasteiger partial charge on any atom is -0.497 e. The van der Waals surface area contributed by atoms with E-state index in [0.29, 0.717) is 23.2 Å². The van der Waals surface area contributed by atoms with Crippen molar-refractivity contribution in [2.45, 2.75) is 6.54 Å². The smallest absolute Gasteiger partial charge is 0.270 e. The summed E-state index contributed by atoms with van der Waals surface area (Å²) < 4.78 is 5.39. The predicted molar refractivity (Wildman–Crippen MR) is 116 cm³/mol. The molecular weight excluding hydrogens is 374 g/mol. The van der Waals surface area contributed by atoms with Crippen molar-refractivity contribution in [3.05, 3.63) is 95.8 Å². The van der Waals surface area contributed by atoms with Crippen LogP contribution in [0.5, 0.6) is 5.75 Å². The lowest BCUT2D eigenvalue weighted by Crippen LogP contribution is -2.24. The summed E-state index contributed by atoms with van der Waals surface area (Å²) >= 11 is 0. The number of amides is 1. The Morgan fingerprint density at radius 2 is 1.70 bits per heavy atom. The second kappa shape index (κ2) is 8.46. The van der Waals surface area contributed by atoms with E-state index >= 15 is 0 Å². The van der Waals surface area contributed by atoms with E-state index in [2.05, 4.69) is 16.4 Å². The molecule has 30 heavy (non-hydrogen) atoms. The van der Waals surface area contributed by atoms with Gasteiger partial charge in [-0.05, 0) is 34.7 Å². The van der Waals surface area contributed by atoms with Gasteiger partial charge < -0.3 is 10.1 Å². The Labute approximate surface area is 174 Å². The van der Waals surface area contributed by atoms with Gasteiger partial charge in [0.15, 0.2) is 0 Å². The molecule has 0 unspecified atom stereocenters. The van der Waals surface area contributed by atoms with Crippen molar-refractivity contribution in [3.8, 4) is 22.9 Å². The molecule has 3 aromatic carbocycles. The van der Waals surface area contributed by atoms with Crippen molar-refractivity contribution in [1.82, 2.24) is 10.3 Å². The van der Waals surface area contributed by atoms with Crippen molar-refractivity contribution in [2.24, 2.45) is 0 Å². The first-order valence-electron chi connectivity index (χ1n) is 9.50. The fourth-order valence-electron chi connectivity index (χ4n) is 3.43. The lowest BCUT2D eigenvalue weighted by Gasteiger charge is -2.14. The third-order valence-electron chi connectivity index (χ3n) is 4.89. The third-order valence-corrected chi connectivity index (χ3v) is 4.89. The van der Waals surface area contributed by atoms with Crippen molar-refractivity contribution >= 4 is 16.7 Å². The molecule has 146 valence electrons. The van der Waals surface area contributed by atoms with Crippen LogP contribution in [0.1, 0.15) is 21.7 Å². The number of carbonyl (C=O) groups excluding carboxylic acids is 1. The van der Waals surface area contributed by atoms with E-state index in [1.807, 2.05) is 72.8 Å². The summed E-state index contributed by atoms with van der Waals surface area (Å²) in [7, 11) is 1.59. The highest BCUT2D eigenvalue weighted by Crippen LogP contribution is 2.34. The van der Waals surface area contributed by atoms with Crippen LogP contribution >= 0.6 is 0 Å². The van der Waals surface area contributed by atoms with Crippen LogP contribution in [0.3, 0.4) is 0 Å². The number of nitrogens with one attached hydrogen (secondary N) is 1. The fourth-order valence-corrected chi connectivity index (χ4v) is 3.43. The highest BCUT2D eigenvalue weighted by atomic mass is 16.5. The number of hydrogen-bond donors (Lipinski definition) is 1. The number of fused-ring (bicyclic) bond motifs is 1. The van der Waals surface area contributed by atoms with Gasteiger partial charge in [0.25, 0.3) is 5.91 Å². The summed E-state index contributed by atoms with van der Waals surface area (Å²) in [4.78, 5) is 17.4. The zero-order chi connectivity index (χ0) is 20.9. The summed E-state index contributed by atoms with van der Waals surface area (Å²) in [6.45, 7) is 0.376. The van der Waals surface area contributed by atoms with E-state index < -0.39 is 0 Å². The maximum absolute atomic E-state index is 13.0. The highest BCUT2D eigenvalue weighted by Gasteiger charge is 2.20. The molecule has 0 bridgehead atoms. The number of nitriles is 1. The SMILES string of the molecule is COc1ccc2c(C(=O)NCc3ccccc3)nc(C#N)c(-c3ccccc3)c2c1. The molecule has 1 amide bonds. The van der Waals surface area contributed by atoms with Crippen LogP contribution in [0.15, 0.2) is 78.9 Å². The molecule has 4 rings (SSSR count).